The van der Waals surface area contributed by atoms with E-state index in [-0.39, 0.29) is 114 Å². The topological polar surface area (TPSA) is 279 Å². The van der Waals surface area contributed by atoms with Gasteiger partial charge >= 0.3 is 6.18 Å². The zero-order valence-corrected chi connectivity index (χ0v) is 57.6. The molecule has 0 aromatic heterocycles. The zero-order valence-electron chi connectivity index (χ0n) is 57.6. The minimum absolute atomic E-state index is 0.00938. The van der Waals surface area contributed by atoms with Crippen molar-refractivity contribution in [2.75, 3.05) is 54.9 Å². The first-order valence-electron chi connectivity index (χ1n) is 34.5. The predicted molar refractivity (Wildman–Crippen MR) is 342 cm³/mol. The van der Waals surface area contributed by atoms with Gasteiger partial charge in [-0.1, -0.05) is 92.9 Å². The Morgan fingerprint density at radius 1 is 0.581 bits per heavy atom. The lowest BCUT2D eigenvalue weighted by Gasteiger charge is -2.46. The minimum Gasteiger partial charge on any atom is -0.391 e. The molecular weight excluding hydrogens is 1210 g/mol. The van der Waals surface area contributed by atoms with E-state index in [1.807, 2.05) is 20.8 Å². The molecule has 3 heterocycles. The van der Waals surface area contributed by atoms with Crippen LogP contribution in [0.25, 0.3) is 0 Å². The number of carbonyl (C=O) groups excluding carboxylic acids is 11. The monoisotopic (exact) mass is 1320 g/mol. The van der Waals surface area contributed by atoms with Crippen LogP contribution in [0.4, 0.5) is 13.2 Å². The molecule has 6 fully saturated rings. The molecule has 0 unspecified atom stereocenters. The molecule has 1 spiro atoms. The van der Waals surface area contributed by atoms with E-state index in [2.05, 4.69) is 21.3 Å². The third-order valence-corrected chi connectivity index (χ3v) is 21.2. The number of fused-ring (bicyclic) bond motifs is 2. The molecule has 3 saturated carbocycles. The number of rotatable bonds is 11. The Hall–Kier alpha value is -6.08. The third-order valence-electron chi connectivity index (χ3n) is 21.2. The molecular formula is C67H110F3N11O12. The summed E-state index contributed by atoms with van der Waals surface area (Å²) in [7, 11) is 7.17. The average molecular weight is 1320 g/mol. The Kier molecular flexibility index (Phi) is 27.0. The summed E-state index contributed by atoms with van der Waals surface area (Å²) in [6.07, 6.45) is 2.11. The fourth-order valence-electron chi connectivity index (χ4n) is 15.3. The molecule has 0 radical (unpaired) electrons. The van der Waals surface area contributed by atoms with E-state index < -0.39 is 161 Å². The van der Waals surface area contributed by atoms with Gasteiger partial charge in [-0.15, -0.1) is 0 Å². The van der Waals surface area contributed by atoms with Crippen LogP contribution in [0.1, 0.15) is 197 Å². The fourth-order valence-corrected chi connectivity index (χ4v) is 15.3. The number of aliphatic hydroxyl groups is 1. The van der Waals surface area contributed by atoms with E-state index in [1.165, 1.54) is 71.6 Å². The van der Waals surface area contributed by atoms with Gasteiger partial charge in [-0.2, -0.15) is 13.2 Å². The van der Waals surface area contributed by atoms with Crippen molar-refractivity contribution in [1.29, 1.82) is 0 Å². The van der Waals surface area contributed by atoms with Gasteiger partial charge in [0.05, 0.1) is 18.6 Å². The SMILES string of the molecule is CC[C@H](C)[C@@H]1NC(=O)[C@H](CC(C)C)N(C)C(=O)C[C@@H](C)NC(=O)[C@H](C(C)C)N(C)C(=O)C2(CCCC2)NC(=O)[C@@H]2CCCN2C(=O)[C@H](CCC2CCC(C(F)(F)F)CC2)NC(=O)CN(C)C(=O)[C@H](CC2CCCCC2)N(C)C(=O)[C@@H]2CCN2C(=O)[C@H]([C@@H](C)O)N(C)C1=O. The molecule has 526 valence electrons. The highest BCUT2D eigenvalue weighted by Crippen LogP contribution is 2.41. The van der Waals surface area contributed by atoms with Crippen molar-refractivity contribution in [3.63, 3.8) is 0 Å². The number of nitrogens with zero attached hydrogens (tertiary/aromatic N) is 7. The average Bonchev–Trinajstić information content (AvgIpc) is 1.78. The first-order valence-corrected chi connectivity index (χ1v) is 34.5. The summed E-state index contributed by atoms with van der Waals surface area (Å²) in [5.41, 5.74) is -1.47. The number of alkyl halides is 3. The van der Waals surface area contributed by atoms with E-state index in [9.17, 15) is 61.4 Å². The predicted octanol–water partition coefficient (Wildman–Crippen LogP) is 4.90. The normalized spacial score (nSPS) is 30.9. The maximum Gasteiger partial charge on any atom is 0.391 e. The number of carbonyl (C=O) groups is 11. The molecule has 6 rings (SSSR count). The van der Waals surface area contributed by atoms with Crippen molar-refractivity contribution >= 4 is 65.0 Å². The smallest absolute Gasteiger partial charge is 0.391 e. The number of likely N-dealkylation sites (N-methyl/N-ethyl adjacent to an activating group) is 5. The Bertz CT molecular complexity index is 2660. The van der Waals surface area contributed by atoms with Crippen LogP contribution >= 0.6 is 0 Å². The summed E-state index contributed by atoms with van der Waals surface area (Å²) in [4.78, 5) is 171. The number of hydrogen-bond donors (Lipinski definition) is 5. The summed E-state index contributed by atoms with van der Waals surface area (Å²) in [5, 5.41) is 23.0. The van der Waals surface area contributed by atoms with E-state index in [1.54, 1.807) is 27.7 Å². The van der Waals surface area contributed by atoms with E-state index in [0.717, 1.165) is 37.0 Å². The van der Waals surface area contributed by atoms with Crippen LogP contribution in [0.3, 0.4) is 0 Å². The van der Waals surface area contributed by atoms with Crippen molar-refractivity contribution in [3.05, 3.63) is 0 Å². The number of amides is 11. The summed E-state index contributed by atoms with van der Waals surface area (Å²) >= 11 is 0. The van der Waals surface area contributed by atoms with Crippen LogP contribution in [0, 0.1) is 35.5 Å². The Morgan fingerprint density at radius 2 is 1.20 bits per heavy atom. The van der Waals surface area contributed by atoms with Crippen molar-refractivity contribution in [2.45, 2.75) is 269 Å². The second-order valence-electron chi connectivity index (χ2n) is 29.0. The van der Waals surface area contributed by atoms with Crippen LogP contribution in [0.2, 0.25) is 0 Å². The van der Waals surface area contributed by atoms with E-state index in [4.69, 9.17) is 0 Å². The quantitative estimate of drug-likeness (QED) is 0.185. The standard InChI is InChI=1S/C67H110F3N11O12/c1-14-41(6)54-63(91)78(12)56(43(8)82)64(92)81-34-30-49(81)62(90)77(11)51(37-45-21-16-15-17-22-45)61(89)75(9)38-52(83)72-47(29-26-44-24-27-46(28-25-44)67(68,69)70)60(88)80-33-20-23-48(80)58(86)74-66(31-18-19-32-66)65(93)79(13)55(40(4)5)59(87)71-42(7)36-53(84)76(10)50(35-39(2)3)57(85)73-54/h39-51,54-56,82H,14-38H2,1-13H3,(H,71,87)(H,72,83)(H,73,85)(H,74,86)/t41-,42+,43+,44?,46?,47-,48-,49-,50-,51-,54-,55-,56-/m0/s1. The summed E-state index contributed by atoms with van der Waals surface area (Å²) in [6, 6.07) is -10.4. The van der Waals surface area contributed by atoms with Gasteiger partial charge in [0.1, 0.15) is 53.9 Å². The fraction of sp³-hybridized carbons (Fsp3) is 0.836. The Morgan fingerprint density at radius 3 is 1.76 bits per heavy atom. The van der Waals surface area contributed by atoms with Crippen molar-refractivity contribution in [1.82, 2.24) is 55.6 Å². The summed E-state index contributed by atoms with van der Waals surface area (Å²) < 4.78 is 41.3. The third kappa shape index (κ3) is 18.7. The largest absolute Gasteiger partial charge is 0.391 e. The Labute approximate surface area is 548 Å². The van der Waals surface area contributed by atoms with Crippen LogP contribution in [-0.2, 0) is 52.7 Å². The molecule has 93 heavy (non-hydrogen) atoms. The second-order valence-corrected chi connectivity index (χ2v) is 29.0. The van der Waals surface area contributed by atoms with Gasteiger partial charge in [0, 0.05) is 60.8 Å². The molecule has 6 aliphatic rings. The highest BCUT2D eigenvalue weighted by Gasteiger charge is 2.51. The molecule has 11 amide bonds. The molecule has 3 saturated heterocycles. The first kappa shape index (κ1) is 75.9. The molecule has 3 aliphatic carbocycles. The van der Waals surface area contributed by atoms with Crippen LogP contribution in [0.5, 0.6) is 0 Å². The molecule has 5 N–H and O–H groups in total. The molecule has 0 aromatic carbocycles. The van der Waals surface area contributed by atoms with Gasteiger partial charge < -0.3 is 60.7 Å². The van der Waals surface area contributed by atoms with Crippen LogP contribution < -0.4 is 21.3 Å². The zero-order chi connectivity index (χ0) is 69.1. The summed E-state index contributed by atoms with van der Waals surface area (Å²) in [5.74, 6) is -9.58. The number of halogens is 3. The number of nitrogens with one attached hydrogen (secondary N) is 4. The highest BCUT2D eigenvalue weighted by molar-refractivity contribution is 6.00. The molecule has 3 aliphatic heterocycles. The van der Waals surface area contributed by atoms with Crippen molar-refractivity contribution in [3.8, 4) is 0 Å². The van der Waals surface area contributed by atoms with Crippen LogP contribution in [0.15, 0.2) is 0 Å². The first-order chi connectivity index (χ1) is 43.6. The lowest BCUT2D eigenvalue weighted by molar-refractivity contribution is -0.184. The van der Waals surface area contributed by atoms with Crippen molar-refractivity contribution in [2.24, 2.45) is 35.5 Å². The minimum atomic E-state index is -4.34. The van der Waals surface area contributed by atoms with Gasteiger partial charge in [0.25, 0.3) is 0 Å². The van der Waals surface area contributed by atoms with Gasteiger partial charge in [-0.25, -0.2) is 0 Å². The van der Waals surface area contributed by atoms with E-state index in [0.29, 0.717) is 25.7 Å². The second kappa shape index (κ2) is 33.1. The lowest BCUT2D eigenvalue weighted by atomic mass is 9.79. The Balaban J connectivity index is 1.38. The molecule has 23 nitrogen and oxygen atoms in total. The molecule has 0 aromatic rings. The van der Waals surface area contributed by atoms with Gasteiger partial charge in [0.15, 0.2) is 0 Å². The number of hydrogen-bond acceptors (Lipinski definition) is 12. The van der Waals surface area contributed by atoms with Crippen molar-refractivity contribution < 1.29 is 71.0 Å². The number of aliphatic hydroxyl groups excluding tert-OH is 1. The molecule has 11 atom stereocenters. The maximum atomic E-state index is 15.1. The van der Waals surface area contributed by atoms with Gasteiger partial charge in [-0.05, 0) is 127 Å². The lowest BCUT2D eigenvalue weighted by Crippen LogP contribution is -2.67. The molecule has 26 heteroatoms. The van der Waals surface area contributed by atoms with Gasteiger partial charge in [-0.3, -0.25) is 52.7 Å². The summed E-state index contributed by atoms with van der Waals surface area (Å²) in [6.45, 7) is 13.4. The van der Waals surface area contributed by atoms with E-state index >= 15 is 9.59 Å². The molecule has 0 bridgehead atoms. The highest BCUT2D eigenvalue weighted by atomic mass is 19.4. The van der Waals surface area contributed by atoms with Gasteiger partial charge in [0.2, 0.25) is 65.0 Å². The maximum absolute atomic E-state index is 15.1. The van der Waals surface area contributed by atoms with Crippen LogP contribution in [-0.4, -0.2) is 231 Å².